The summed E-state index contributed by atoms with van der Waals surface area (Å²) in [5, 5.41) is 9.65. The lowest BCUT2D eigenvalue weighted by molar-refractivity contribution is 0.260. The maximum atomic E-state index is 14.6. The lowest BCUT2D eigenvalue weighted by Crippen LogP contribution is -2.19. The number of hydrogen-bond donors (Lipinski definition) is 2. The van der Waals surface area contributed by atoms with Gasteiger partial charge < -0.3 is 19.5 Å². The van der Waals surface area contributed by atoms with Crippen LogP contribution in [0, 0.1) is 5.82 Å². The Morgan fingerprint density at radius 2 is 1.73 bits per heavy atom. The molecule has 0 aliphatic carbocycles. The van der Waals surface area contributed by atoms with E-state index in [1.165, 1.54) is 12.1 Å². The van der Waals surface area contributed by atoms with Crippen molar-refractivity contribution < 1.29 is 9.13 Å². The van der Waals surface area contributed by atoms with E-state index in [0.29, 0.717) is 18.0 Å². The molecule has 9 heteroatoms. The van der Waals surface area contributed by atoms with Crippen molar-refractivity contribution in [3.8, 4) is 39.4 Å². The van der Waals surface area contributed by atoms with Crippen LogP contribution in [0.5, 0.6) is 5.75 Å². The van der Waals surface area contributed by atoms with Gasteiger partial charge in [-0.3, -0.25) is 10.1 Å². The molecule has 4 aromatic heterocycles. The van der Waals surface area contributed by atoms with E-state index in [1.807, 2.05) is 69.7 Å². The third-order valence-corrected chi connectivity index (χ3v) is 6.97. The Morgan fingerprint density at radius 3 is 2.56 bits per heavy atom. The number of aromatic nitrogens is 5. The maximum Gasteiger partial charge on any atom is 0.138 e. The fraction of sp³-hybridized carbons (Fsp3) is 0.219. The Bertz CT molecular complexity index is 1840. The second-order valence-corrected chi connectivity index (χ2v) is 10.8. The minimum absolute atomic E-state index is 0.349. The van der Waals surface area contributed by atoms with Crippen molar-refractivity contribution in [3.63, 3.8) is 0 Å². The van der Waals surface area contributed by atoms with E-state index in [1.54, 1.807) is 6.20 Å². The van der Waals surface area contributed by atoms with Gasteiger partial charge in [0.2, 0.25) is 0 Å². The minimum atomic E-state index is -0.349. The van der Waals surface area contributed by atoms with Crippen molar-refractivity contribution in [1.29, 1.82) is 0 Å². The van der Waals surface area contributed by atoms with Gasteiger partial charge in [0.1, 0.15) is 29.5 Å². The van der Waals surface area contributed by atoms with Gasteiger partial charge in [0.25, 0.3) is 0 Å². The molecule has 41 heavy (non-hydrogen) atoms. The Balaban J connectivity index is 1.37. The van der Waals surface area contributed by atoms with Crippen LogP contribution in [0.15, 0.2) is 73.2 Å². The lowest BCUT2D eigenvalue weighted by atomic mass is 10.0. The van der Waals surface area contributed by atoms with Crippen LogP contribution in [0.4, 0.5) is 4.39 Å². The van der Waals surface area contributed by atoms with Crippen LogP contribution in [-0.2, 0) is 6.54 Å². The number of hydrogen-bond acceptors (Lipinski definition) is 6. The van der Waals surface area contributed by atoms with Gasteiger partial charge in [-0.2, -0.15) is 5.10 Å². The van der Waals surface area contributed by atoms with Gasteiger partial charge in [0.05, 0.1) is 11.2 Å². The number of ether oxygens (including phenoxy) is 1. The SMILES string of the molecule is CN(C)CCOc1cc(F)cc(-c2ccnc3[nH]c(-c4n[nH]c5ccc(-c6cncc(CN(C)C)c6)cc45)cc23)c1. The highest BCUT2D eigenvalue weighted by molar-refractivity contribution is 6.00. The van der Waals surface area contributed by atoms with Crippen molar-refractivity contribution in [2.45, 2.75) is 6.54 Å². The number of pyridine rings is 2. The fourth-order valence-corrected chi connectivity index (χ4v) is 5.05. The van der Waals surface area contributed by atoms with E-state index in [9.17, 15) is 4.39 Å². The molecule has 0 fully saturated rings. The summed E-state index contributed by atoms with van der Waals surface area (Å²) in [5.41, 5.74) is 8.08. The van der Waals surface area contributed by atoms with Crippen molar-refractivity contribution in [2.24, 2.45) is 0 Å². The van der Waals surface area contributed by atoms with E-state index >= 15 is 0 Å². The van der Waals surface area contributed by atoms with Crippen LogP contribution >= 0.6 is 0 Å². The van der Waals surface area contributed by atoms with Crippen molar-refractivity contribution in [3.05, 3.63) is 84.6 Å². The number of nitrogens with one attached hydrogen (secondary N) is 2. The quantitative estimate of drug-likeness (QED) is 0.231. The summed E-state index contributed by atoms with van der Waals surface area (Å²) < 4.78 is 20.5. The fourth-order valence-electron chi connectivity index (χ4n) is 5.05. The van der Waals surface area contributed by atoms with Gasteiger partial charge in [0, 0.05) is 54.1 Å². The van der Waals surface area contributed by atoms with Crippen LogP contribution in [0.3, 0.4) is 0 Å². The molecule has 0 amide bonds. The van der Waals surface area contributed by atoms with Crippen LogP contribution in [0.2, 0.25) is 0 Å². The largest absolute Gasteiger partial charge is 0.492 e. The smallest absolute Gasteiger partial charge is 0.138 e. The van der Waals surface area contributed by atoms with E-state index in [2.05, 4.69) is 48.2 Å². The van der Waals surface area contributed by atoms with Crippen LogP contribution in [-0.4, -0.2) is 76.3 Å². The van der Waals surface area contributed by atoms with Gasteiger partial charge >= 0.3 is 0 Å². The minimum Gasteiger partial charge on any atom is -0.492 e. The molecule has 0 spiro atoms. The average molecular weight is 550 g/mol. The topological polar surface area (TPSA) is 86.0 Å². The molecule has 0 saturated heterocycles. The maximum absolute atomic E-state index is 14.6. The molecular formula is C32H32FN7O. The first-order chi connectivity index (χ1) is 19.8. The van der Waals surface area contributed by atoms with E-state index in [4.69, 9.17) is 4.74 Å². The van der Waals surface area contributed by atoms with Gasteiger partial charge in [-0.05, 0) is 92.9 Å². The predicted molar refractivity (Wildman–Crippen MR) is 161 cm³/mol. The monoisotopic (exact) mass is 549 g/mol. The Morgan fingerprint density at radius 1 is 0.854 bits per heavy atom. The molecule has 2 aromatic carbocycles. The molecule has 0 aliphatic heterocycles. The number of aromatic amines is 2. The molecule has 208 valence electrons. The highest BCUT2D eigenvalue weighted by Crippen LogP contribution is 2.36. The summed E-state index contributed by atoms with van der Waals surface area (Å²) in [6.07, 6.45) is 5.51. The lowest BCUT2D eigenvalue weighted by Gasteiger charge is -2.12. The molecule has 2 N–H and O–H groups in total. The van der Waals surface area contributed by atoms with Crippen molar-refractivity contribution >= 4 is 21.9 Å². The summed E-state index contributed by atoms with van der Waals surface area (Å²) in [7, 11) is 8.04. The molecule has 6 aromatic rings. The number of likely N-dealkylation sites (N-methyl/N-ethyl adjacent to an activating group) is 1. The van der Waals surface area contributed by atoms with Crippen LogP contribution < -0.4 is 4.74 Å². The van der Waals surface area contributed by atoms with E-state index in [-0.39, 0.29) is 5.82 Å². The zero-order valence-corrected chi connectivity index (χ0v) is 23.6. The highest BCUT2D eigenvalue weighted by Gasteiger charge is 2.16. The zero-order chi connectivity index (χ0) is 28.5. The molecule has 6 rings (SSSR count). The standard InChI is InChI=1S/C32H32FN7O/c1-39(2)9-10-41-25-13-22(12-24(33)15-25)26-7-8-35-32-27(26)16-30(36-32)31-28-14-21(5-6-29(28)37-38-31)23-11-20(17-34-18-23)19-40(3)4/h5-8,11-18H,9-10,19H2,1-4H3,(H,35,36)(H,37,38). The number of nitrogens with zero attached hydrogens (tertiary/aromatic N) is 5. The summed E-state index contributed by atoms with van der Waals surface area (Å²) >= 11 is 0. The number of rotatable bonds is 9. The van der Waals surface area contributed by atoms with Gasteiger partial charge in [-0.1, -0.05) is 6.07 Å². The summed E-state index contributed by atoms with van der Waals surface area (Å²) in [6, 6.07) is 17.1. The van der Waals surface area contributed by atoms with Crippen molar-refractivity contribution in [1.82, 2.24) is 34.9 Å². The van der Waals surface area contributed by atoms with Crippen molar-refractivity contribution in [2.75, 3.05) is 41.3 Å². The second-order valence-electron chi connectivity index (χ2n) is 10.8. The molecule has 8 nitrogen and oxygen atoms in total. The predicted octanol–water partition coefficient (Wildman–Crippen LogP) is 5.98. The molecule has 4 heterocycles. The third-order valence-electron chi connectivity index (χ3n) is 6.97. The Hall–Kier alpha value is -4.60. The molecule has 0 atom stereocenters. The summed E-state index contributed by atoms with van der Waals surface area (Å²) in [6.45, 7) is 2.03. The first-order valence-electron chi connectivity index (χ1n) is 13.5. The van der Waals surface area contributed by atoms with Gasteiger partial charge in [-0.15, -0.1) is 0 Å². The molecule has 0 radical (unpaired) electrons. The number of benzene rings is 2. The van der Waals surface area contributed by atoms with Gasteiger partial charge in [0.15, 0.2) is 0 Å². The molecule has 0 bridgehead atoms. The number of H-pyrrole nitrogens is 2. The first kappa shape index (κ1) is 26.6. The van der Waals surface area contributed by atoms with E-state index < -0.39 is 0 Å². The number of fused-ring (bicyclic) bond motifs is 2. The Labute approximate surface area is 237 Å². The second kappa shape index (κ2) is 11.1. The third kappa shape index (κ3) is 5.68. The van der Waals surface area contributed by atoms with Gasteiger partial charge in [-0.25, -0.2) is 9.37 Å². The summed E-state index contributed by atoms with van der Waals surface area (Å²) in [5.74, 6) is 0.149. The first-order valence-corrected chi connectivity index (χ1v) is 13.5. The highest BCUT2D eigenvalue weighted by atomic mass is 19.1. The average Bonchev–Trinajstić information content (AvgIpc) is 3.56. The molecule has 0 saturated carbocycles. The van der Waals surface area contributed by atoms with E-state index in [0.717, 1.165) is 68.6 Å². The molecular weight excluding hydrogens is 517 g/mol. The molecule has 0 unspecified atom stereocenters. The van der Waals surface area contributed by atoms with Crippen LogP contribution in [0.25, 0.3) is 55.6 Å². The molecule has 0 aliphatic rings. The summed E-state index contributed by atoms with van der Waals surface area (Å²) in [4.78, 5) is 16.6. The number of halogens is 1. The normalized spacial score (nSPS) is 11.8. The Kier molecular flexibility index (Phi) is 7.21. The van der Waals surface area contributed by atoms with Crippen LogP contribution in [0.1, 0.15) is 5.56 Å². The zero-order valence-electron chi connectivity index (χ0n) is 23.6.